The lowest BCUT2D eigenvalue weighted by atomic mass is 10.1. The molecule has 2 atom stereocenters. The Morgan fingerprint density at radius 1 is 1.37 bits per heavy atom. The van der Waals surface area contributed by atoms with Crippen LogP contribution in [-0.2, 0) is 6.18 Å². The van der Waals surface area contributed by atoms with Crippen molar-refractivity contribution in [2.75, 3.05) is 17.6 Å². The Kier molecular flexibility index (Phi) is 3.79. The molecule has 5 nitrogen and oxygen atoms in total. The highest BCUT2D eigenvalue weighted by Crippen LogP contribution is 2.30. The van der Waals surface area contributed by atoms with Gasteiger partial charge in [0, 0.05) is 18.5 Å². The molecule has 0 amide bonds. The molecule has 0 spiro atoms. The second-order valence-electron chi connectivity index (χ2n) is 4.63. The van der Waals surface area contributed by atoms with Crippen molar-refractivity contribution in [3.8, 4) is 0 Å². The van der Waals surface area contributed by atoms with Crippen LogP contribution in [0.25, 0.3) is 0 Å². The van der Waals surface area contributed by atoms with Crippen LogP contribution in [-0.4, -0.2) is 27.7 Å². The minimum atomic E-state index is -4.56. The number of aliphatic hydroxyl groups is 1. The van der Waals surface area contributed by atoms with Crippen LogP contribution in [0.1, 0.15) is 25.0 Å². The quantitative estimate of drug-likeness (QED) is 0.781. The lowest BCUT2D eigenvalue weighted by molar-refractivity contribution is -0.141. The summed E-state index contributed by atoms with van der Waals surface area (Å²) >= 11 is 0. The number of aromatic nitrogens is 2. The summed E-state index contributed by atoms with van der Waals surface area (Å²) < 4.78 is 37.6. The van der Waals surface area contributed by atoms with E-state index in [4.69, 9.17) is 5.73 Å². The second kappa shape index (κ2) is 5.20. The average molecular weight is 276 g/mol. The zero-order chi connectivity index (χ0) is 14.0. The van der Waals surface area contributed by atoms with Gasteiger partial charge in [0.2, 0.25) is 5.95 Å². The highest BCUT2D eigenvalue weighted by Gasteiger charge is 2.33. The van der Waals surface area contributed by atoms with Gasteiger partial charge in [-0.1, -0.05) is 6.42 Å². The molecule has 0 bridgehead atoms. The van der Waals surface area contributed by atoms with E-state index in [2.05, 4.69) is 15.3 Å². The maximum Gasteiger partial charge on any atom is 0.433 e. The van der Waals surface area contributed by atoms with Crippen molar-refractivity contribution in [3.05, 3.63) is 11.8 Å². The predicted octanol–water partition coefficient (Wildman–Crippen LogP) is 1.65. The number of nitrogens with zero attached hydrogens (tertiary/aromatic N) is 2. The summed E-state index contributed by atoms with van der Waals surface area (Å²) in [5, 5.41) is 12.4. The molecule has 1 aliphatic rings. The fraction of sp³-hybridized carbons (Fsp3) is 0.636. The molecular weight excluding hydrogens is 261 g/mol. The van der Waals surface area contributed by atoms with Gasteiger partial charge in [-0.05, 0) is 12.8 Å². The summed E-state index contributed by atoms with van der Waals surface area (Å²) in [5.41, 5.74) is 4.18. The van der Waals surface area contributed by atoms with Crippen molar-refractivity contribution in [2.45, 2.75) is 31.5 Å². The smallest absolute Gasteiger partial charge is 0.393 e. The third-order valence-corrected chi connectivity index (χ3v) is 3.20. The van der Waals surface area contributed by atoms with E-state index < -0.39 is 23.9 Å². The Hall–Kier alpha value is -1.57. The second-order valence-corrected chi connectivity index (χ2v) is 4.63. The first kappa shape index (κ1) is 13.9. The summed E-state index contributed by atoms with van der Waals surface area (Å²) in [6.07, 6.45) is -2.46. The molecule has 2 rings (SSSR count). The lowest BCUT2D eigenvalue weighted by Crippen LogP contribution is -2.23. The zero-order valence-corrected chi connectivity index (χ0v) is 10.1. The molecule has 1 saturated carbocycles. The van der Waals surface area contributed by atoms with Gasteiger partial charge >= 0.3 is 6.18 Å². The fourth-order valence-electron chi connectivity index (χ4n) is 2.19. The van der Waals surface area contributed by atoms with Crippen molar-refractivity contribution in [1.82, 2.24) is 9.97 Å². The van der Waals surface area contributed by atoms with Crippen LogP contribution in [0.3, 0.4) is 0 Å². The van der Waals surface area contributed by atoms with E-state index in [1.165, 1.54) is 0 Å². The predicted molar refractivity (Wildman–Crippen MR) is 63.3 cm³/mol. The fourth-order valence-corrected chi connectivity index (χ4v) is 2.19. The van der Waals surface area contributed by atoms with Gasteiger partial charge in [-0.25, -0.2) is 4.98 Å². The van der Waals surface area contributed by atoms with Crippen molar-refractivity contribution in [2.24, 2.45) is 5.92 Å². The number of nitrogens with two attached hydrogens (primary N) is 1. The molecular formula is C11H15F3N4O. The summed E-state index contributed by atoms with van der Waals surface area (Å²) in [6.45, 7) is 0.370. The number of halogens is 3. The first-order valence-corrected chi connectivity index (χ1v) is 6.00. The molecule has 0 saturated heterocycles. The normalized spacial score (nSPS) is 23.6. The molecule has 2 unspecified atom stereocenters. The van der Waals surface area contributed by atoms with Gasteiger partial charge < -0.3 is 16.2 Å². The Morgan fingerprint density at radius 2 is 2.11 bits per heavy atom. The summed E-state index contributed by atoms with van der Waals surface area (Å²) in [4.78, 5) is 6.86. The molecule has 0 radical (unpaired) electrons. The van der Waals surface area contributed by atoms with Gasteiger partial charge in [0.1, 0.15) is 5.82 Å². The number of nitrogens with one attached hydrogen (secondary N) is 1. The van der Waals surface area contributed by atoms with E-state index in [0.29, 0.717) is 6.54 Å². The molecule has 1 aromatic heterocycles. The van der Waals surface area contributed by atoms with E-state index in [1.54, 1.807) is 0 Å². The van der Waals surface area contributed by atoms with Crippen molar-refractivity contribution in [1.29, 1.82) is 0 Å². The molecule has 0 aliphatic heterocycles. The minimum Gasteiger partial charge on any atom is -0.393 e. The standard InChI is InChI=1S/C11H15F3N4O/c12-11(13,14)8-4-9(18-10(15)17-8)16-5-6-2-1-3-7(6)19/h4,6-7,19H,1-3,5H2,(H3,15,16,17,18). The van der Waals surface area contributed by atoms with Crippen LogP contribution < -0.4 is 11.1 Å². The third kappa shape index (κ3) is 3.46. The van der Waals surface area contributed by atoms with E-state index >= 15 is 0 Å². The van der Waals surface area contributed by atoms with Crippen LogP contribution in [0, 0.1) is 5.92 Å². The first-order chi connectivity index (χ1) is 8.86. The van der Waals surface area contributed by atoms with Crippen LogP contribution in [0.5, 0.6) is 0 Å². The molecule has 1 aromatic rings. The van der Waals surface area contributed by atoms with Gasteiger partial charge in [-0.3, -0.25) is 0 Å². The Balaban J connectivity index is 2.06. The van der Waals surface area contributed by atoms with Crippen LogP contribution >= 0.6 is 0 Å². The molecule has 1 aliphatic carbocycles. The number of rotatable bonds is 3. The van der Waals surface area contributed by atoms with Crippen molar-refractivity contribution < 1.29 is 18.3 Å². The average Bonchev–Trinajstić information content (AvgIpc) is 2.70. The highest BCUT2D eigenvalue weighted by atomic mass is 19.4. The molecule has 1 heterocycles. The number of nitrogen functional groups attached to an aromatic ring is 1. The minimum absolute atomic E-state index is 0.0268. The SMILES string of the molecule is Nc1nc(NCC2CCCC2O)cc(C(F)(F)F)n1. The maximum absolute atomic E-state index is 12.5. The number of aliphatic hydroxyl groups excluding tert-OH is 1. The Labute approximate surface area is 108 Å². The van der Waals surface area contributed by atoms with Crippen LogP contribution in [0.4, 0.5) is 24.9 Å². The molecule has 106 valence electrons. The maximum atomic E-state index is 12.5. The van der Waals surface area contributed by atoms with Gasteiger partial charge in [0.25, 0.3) is 0 Å². The van der Waals surface area contributed by atoms with Gasteiger partial charge in [0.15, 0.2) is 5.69 Å². The monoisotopic (exact) mass is 276 g/mol. The van der Waals surface area contributed by atoms with Gasteiger partial charge in [-0.2, -0.15) is 18.2 Å². The largest absolute Gasteiger partial charge is 0.433 e. The van der Waals surface area contributed by atoms with E-state index in [9.17, 15) is 18.3 Å². The molecule has 0 aromatic carbocycles. The number of alkyl halides is 3. The summed E-state index contributed by atoms with van der Waals surface area (Å²) in [7, 11) is 0. The first-order valence-electron chi connectivity index (χ1n) is 6.00. The Bertz CT molecular complexity index is 452. The van der Waals surface area contributed by atoms with Gasteiger partial charge in [0.05, 0.1) is 6.10 Å². The Morgan fingerprint density at radius 3 is 2.68 bits per heavy atom. The third-order valence-electron chi connectivity index (χ3n) is 3.20. The van der Waals surface area contributed by atoms with Crippen molar-refractivity contribution >= 4 is 11.8 Å². The zero-order valence-electron chi connectivity index (χ0n) is 10.1. The van der Waals surface area contributed by atoms with Crippen LogP contribution in [0.15, 0.2) is 6.07 Å². The van der Waals surface area contributed by atoms with Gasteiger partial charge in [-0.15, -0.1) is 0 Å². The van der Waals surface area contributed by atoms with E-state index in [0.717, 1.165) is 25.3 Å². The van der Waals surface area contributed by atoms with Crippen LogP contribution in [0.2, 0.25) is 0 Å². The number of hydrogen-bond donors (Lipinski definition) is 3. The lowest BCUT2D eigenvalue weighted by Gasteiger charge is -2.16. The number of anilines is 2. The van der Waals surface area contributed by atoms with Crippen molar-refractivity contribution in [3.63, 3.8) is 0 Å². The molecule has 4 N–H and O–H groups in total. The molecule has 1 fully saturated rings. The summed E-state index contributed by atoms with van der Waals surface area (Å²) in [6, 6.07) is 0.817. The molecule has 8 heteroatoms. The summed E-state index contributed by atoms with van der Waals surface area (Å²) in [5.74, 6) is -0.367. The number of hydrogen-bond acceptors (Lipinski definition) is 5. The highest BCUT2D eigenvalue weighted by molar-refractivity contribution is 5.41. The van der Waals surface area contributed by atoms with E-state index in [1.807, 2.05) is 0 Å². The topological polar surface area (TPSA) is 84.1 Å². The van der Waals surface area contributed by atoms with E-state index in [-0.39, 0.29) is 11.7 Å². The molecule has 19 heavy (non-hydrogen) atoms.